The molecule has 2 amide bonds. The van der Waals surface area contributed by atoms with E-state index in [2.05, 4.69) is 15.3 Å². The number of amides is 2. The van der Waals surface area contributed by atoms with Crippen LogP contribution in [0.4, 0.5) is 4.79 Å². The Hall–Kier alpha value is -2.05. The molecule has 7 heteroatoms. The van der Waals surface area contributed by atoms with Crippen LogP contribution in [0, 0.1) is 0 Å². The van der Waals surface area contributed by atoms with Gasteiger partial charge in [0.05, 0.1) is 6.42 Å². The highest BCUT2D eigenvalue weighted by Gasteiger charge is 2.09. The predicted molar refractivity (Wildman–Crippen MR) is 65.2 cm³/mol. The van der Waals surface area contributed by atoms with Gasteiger partial charge in [0.2, 0.25) is 0 Å². The first-order valence-electron chi connectivity index (χ1n) is 5.78. The number of carbonyl (C=O) groups excluding carboxylic acids is 1. The maximum absolute atomic E-state index is 11.5. The molecule has 0 aliphatic heterocycles. The van der Waals surface area contributed by atoms with E-state index in [9.17, 15) is 9.59 Å². The van der Waals surface area contributed by atoms with E-state index in [0.29, 0.717) is 6.54 Å². The number of hydrogen-bond acceptors (Lipinski definition) is 3. The van der Waals surface area contributed by atoms with Gasteiger partial charge >= 0.3 is 12.0 Å². The molecule has 0 bridgehead atoms. The molecule has 0 atom stereocenters. The number of carbonyl (C=O) groups is 2. The number of carboxylic acid groups (broad SMARTS) is 1. The molecule has 1 aromatic heterocycles. The minimum absolute atomic E-state index is 0.0453. The fourth-order valence-electron chi connectivity index (χ4n) is 1.39. The van der Waals surface area contributed by atoms with Crippen molar-refractivity contribution >= 4 is 12.0 Å². The summed E-state index contributed by atoms with van der Waals surface area (Å²) in [7, 11) is 1.57. The number of hydrogen-bond donors (Lipinski definition) is 3. The van der Waals surface area contributed by atoms with E-state index in [1.54, 1.807) is 19.4 Å². The molecule has 0 aliphatic carbocycles. The van der Waals surface area contributed by atoms with Crippen molar-refractivity contribution in [1.82, 2.24) is 20.2 Å². The summed E-state index contributed by atoms with van der Waals surface area (Å²) in [6, 6.07) is -0.254. The van der Waals surface area contributed by atoms with Crippen LogP contribution in [0.3, 0.4) is 0 Å². The quantitative estimate of drug-likeness (QED) is 0.615. The molecular weight excluding hydrogens is 236 g/mol. The normalized spacial score (nSPS) is 10.1. The van der Waals surface area contributed by atoms with Gasteiger partial charge in [-0.2, -0.15) is 0 Å². The highest BCUT2D eigenvalue weighted by molar-refractivity contribution is 5.74. The van der Waals surface area contributed by atoms with Crippen molar-refractivity contribution < 1.29 is 14.7 Å². The Kier molecular flexibility index (Phi) is 5.69. The number of aliphatic carboxylic acids is 1. The third kappa shape index (κ3) is 5.33. The first kappa shape index (κ1) is 14.0. The summed E-state index contributed by atoms with van der Waals surface area (Å²) in [5.41, 5.74) is 0. The fourth-order valence-corrected chi connectivity index (χ4v) is 1.39. The zero-order chi connectivity index (χ0) is 13.4. The summed E-state index contributed by atoms with van der Waals surface area (Å²) in [5.74, 6) is -0.0176. The van der Waals surface area contributed by atoms with Gasteiger partial charge in [-0.15, -0.1) is 0 Å². The van der Waals surface area contributed by atoms with Crippen LogP contribution >= 0.6 is 0 Å². The Morgan fingerprint density at radius 1 is 1.56 bits per heavy atom. The molecule has 3 N–H and O–H groups in total. The fraction of sp³-hybridized carbons (Fsp3) is 0.545. The van der Waals surface area contributed by atoms with Crippen LogP contribution in [0.5, 0.6) is 0 Å². The van der Waals surface area contributed by atoms with Crippen molar-refractivity contribution in [3.8, 4) is 0 Å². The second-order valence-electron chi connectivity index (χ2n) is 3.94. The lowest BCUT2D eigenvalue weighted by atomic mass is 10.3. The summed E-state index contributed by atoms with van der Waals surface area (Å²) < 4.78 is 0. The molecule has 0 saturated heterocycles. The van der Waals surface area contributed by atoms with E-state index < -0.39 is 5.97 Å². The molecule has 0 unspecified atom stereocenters. The minimum atomic E-state index is -0.910. The van der Waals surface area contributed by atoms with Gasteiger partial charge in [0.25, 0.3) is 0 Å². The molecule has 0 aromatic carbocycles. The number of rotatable bonds is 7. The number of nitrogens with one attached hydrogen (secondary N) is 2. The van der Waals surface area contributed by atoms with Crippen molar-refractivity contribution in [3.05, 3.63) is 18.2 Å². The highest BCUT2D eigenvalue weighted by Crippen LogP contribution is 1.94. The predicted octanol–water partition coefficient (Wildman–Crippen LogP) is 0.458. The van der Waals surface area contributed by atoms with Crippen LogP contribution in [0.25, 0.3) is 0 Å². The van der Waals surface area contributed by atoms with E-state index in [-0.39, 0.29) is 19.0 Å². The van der Waals surface area contributed by atoms with Gasteiger partial charge in [-0.25, -0.2) is 9.78 Å². The van der Waals surface area contributed by atoms with E-state index in [0.717, 1.165) is 18.7 Å². The standard InChI is InChI=1S/C11H18N4O3/c1-15(8-4-10(16)17)11(18)14-5-2-3-9-12-6-7-13-9/h6-7H,2-5,8H2,1H3,(H,12,13)(H,14,18)(H,16,17). The van der Waals surface area contributed by atoms with Crippen LogP contribution in [-0.2, 0) is 11.2 Å². The van der Waals surface area contributed by atoms with E-state index in [1.807, 2.05) is 0 Å². The maximum Gasteiger partial charge on any atom is 0.317 e. The van der Waals surface area contributed by atoms with Gasteiger partial charge in [0, 0.05) is 39.0 Å². The summed E-state index contributed by atoms with van der Waals surface area (Å²) >= 11 is 0. The average Bonchev–Trinajstić information content (AvgIpc) is 2.84. The highest BCUT2D eigenvalue weighted by atomic mass is 16.4. The van der Waals surface area contributed by atoms with Gasteiger partial charge in [0.1, 0.15) is 5.82 Å². The van der Waals surface area contributed by atoms with E-state index in [1.165, 1.54) is 4.90 Å². The SMILES string of the molecule is CN(CCC(=O)O)C(=O)NCCCc1ncc[nH]1. The lowest BCUT2D eigenvalue weighted by Gasteiger charge is -2.16. The topological polar surface area (TPSA) is 98.3 Å². The first-order valence-corrected chi connectivity index (χ1v) is 5.78. The van der Waals surface area contributed by atoms with Crippen molar-refractivity contribution in [2.24, 2.45) is 0 Å². The first-order chi connectivity index (χ1) is 8.59. The average molecular weight is 254 g/mol. The molecule has 0 spiro atoms. The lowest BCUT2D eigenvalue weighted by molar-refractivity contribution is -0.137. The molecule has 0 aliphatic rings. The Morgan fingerprint density at radius 2 is 2.33 bits per heavy atom. The number of aromatic nitrogens is 2. The monoisotopic (exact) mass is 254 g/mol. The molecule has 18 heavy (non-hydrogen) atoms. The van der Waals surface area contributed by atoms with E-state index in [4.69, 9.17) is 5.11 Å². The number of H-pyrrole nitrogens is 1. The van der Waals surface area contributed by atoms with Gasteiger partial charge < -0.3 is 20.3 Å². The molecule has 0 radical (unpaired) electrons. The molecule has 0 fully saturated rings. The van der Waals surface area contributed by atoms with E-state index >= 15 is 0 Å². The largest absolute Gasteiger partial charge is 0.481 e. The second-order valence-corrected chi connectivity index (χ2v) is 3.94. The molecule has 1 aromatic rings. The van der Waals surface area contributed by atoms with Gasteiger partial charge in [0.15, 0.2) is 0 Å². The van der Waals surface area contributed by atoms with Crippen LogP contribution < -0.4 is 5.32 Å². The molecule has 7 nitrogen and oxygen atoms in total. The molecule has 100 valence electrons. The second kappa shape index (κ2) is 7.31. The van der Waals surface area contributed by atoms with Crippen LogP contribution in [-0.4, -0.2) is 52.1 Å². The number of nitrogens with zero attached hydrogens (tertiary/aromatic N) is 2. The zero-order valence-electron chi connectivity index (χ0n) is 10.3. The summed E-state index contributed by atoms with van der Waals surface area (Å²) in [6.45, 7) is 0.746. The molecule has 1 rings (SSSR count). The number of urea groups is 1. The Labute approximate surface area is 105 Å². The molecule has 1 heterocycles. The Bertz CT molecular complexity index is 378. The van der Waals surface area contributed by atoms with Gasteiger partial charge in [-0.1, -0.05) is 0 Å². The number of imidazole rings is 1. The third-order valence-electron chi connectivity index (χ3n) is 2.43. The van der Waals surface area contributed by atoms with Crippen LogP contribution in [0.2, 0.25) is 0 Å². The number of aryl methyl sites for hydroxylation is 1. The lowest BCUT2D eigenvalue weighted by Crippen LogP contribution is -2.38. The number of aromatic amines is 1. The number of carboxylic acids is 1. The molecular formula is C11H18N4O3. The van der Waals surface area contributed by atoms with Crippen molar-refractivity contribution in [3.63, 3.8) is 0 Å². The summed E-state index contributed by atoms with van der Waals surface area (Å²) in [5, 5.41) is 11.2. The van der Waals surface area contributed by atoms with Crippen molar-refractivity contribution in [2.75, 3.05) is 20.1 Å². The van der Waals surface area contributed by atoms with Crippen molar-refractivity contribution in [1.29, 1.82) is 0 Å². The Morgan fingerprint density at radius 3 is 2.94 bits per heavy atom. The minimum Gasteiger partial charge on any atom is -0.481 e. The van der Waals surface area contributed by atoms with Crippen LogP contribution in [0.15, 0.2) is 12.4 Å². The third-order valence-corrected chi connectivity index (χ3v) is 2.43. The Balaban J connectivity index is 2.10. The summed E-state index contributed by atoms with van der Waals surface area (Å²) in [4.78, 5) is 30.3. The smallest absolute Gasteiger partial charge is 0.317 e. The van der Waals surface area contributed by atoms with Crippen molar-refractivity contribution in [2.45, 2.75) is 19.3 Å². The van der Waals surface area contributed by atoms with Crippen LogP contribution in [0.1, 0.15) is 18.7 Å². The van der Waals surface area contributed by atoms with Gasteiger partial charge in [-0.3, -0.25) is 4.79 Å². The summed E-state index contributed by atoms with van der Waals surface area (Å²) in [6.07, 6.45) is 4.95. The molecule has 0 saturated carbocycles. The maximum atomic E-state index is 11.5. The van der Waals surface area contributed by atoms with Gasteiger partial charge in [-0.05, 0) is 6.42 Å². The zero-order valence-corrected chi connectivity index (χ0v) is 10.3.